The van der Waals surface area contributed by atoms with Crippen LogP contribution in [0.5, 0.6) is 0 Å². The predicted molar refractivity (Wildman–Crippen MR) is 58.3 cm³/mol. The summed E-state index contributed by atoms with van der Waals surface area (Å²) in [5.41, 5.74) is 8.07. The van der Waals surface area contributed by atoms with Gasteiger partial charge in [-0.25, -0.2) is 0 Å². The Morgan fingerprint density at radius 1 is 1.43 bits per heavy atom. The minimum Gasteiger partial charge on any atom is -0.399 e. The number of nitrogens with one attached hydrogen (secondary N) is 1. The van der Waals surface area contributed by atoms with Gasteiger partial charge in [-0.2, -0.15) is 0 Å². The van der Waals surface area contributed by atoms with Crippen molar-refractivity contribution in [3.8, 4) is 0 Å². The number of nitrogen functional groups attached to an aromatic ring is 1. The van der Waals surface area contributed by atoms with Crippen LogP contribution in [0.1, 0.15) is 35.7 Å². The molecule has 1 aromatic carbocycles. The van der Waals surface area contributed by atoms with E-state index in [1.165, 1.54) is 0 Å². The first kappa shape index (κ1) is 10.6. The number of carbonyl (C=O) groups excluding carboxylic acids is 1. The number of hydrogen-bond donors (Lipinski definition) is 2. The summed E-state index contributed by atoms with van der Waals surface area (Å²) in [6.07, 6.45) is 0. The average molecular weight is 192 g/mol. The molecule has 3 N–H and O–H groups in total. The molecule has 0 unspecified atom stereocenters. The lowest BCUT2D eigenvalue weighted by Gasteiger charge is -2.12. The average Bonchev–Trinajstić information content (AvgIpc) is 2.16. The molecule has 76 valence electrons. The maximum atomic E-state index is 11.5. The maximum Gasteiger partial charge on any atom is 0.251 e. The summed E-state index contributed by atoms with van der Waals surface area (Å²) >= 11 is 0. The molecular formula is C11H16N2O. The van der Waals surface area contributed by atoms with E-state index in [-0.39, 0.29) is 5.91 Å². The van der Waals surface area contributed by atoms with Crippen molar-refractivity contribution in [1.82, 2.24) is 5.32 Å². The third kappa shape index (κ3) is 2.05. The van der Waals surface area contributed by atoms with Crippen LogP contribution < -0.4 is 11.1 Å². The molecule has 0 aliphatic heterocycles. The van der Waals surface area contributed by atoms with Crippen molar-refractivity contribution in [3.05, 3.63) is 29.3 Å². The highest BCUT2D eigenvalue weighted by molar-refractivity contribution is 5.96. The Balaban J connectivity index is 3.21. The predicted octanol–water partition coefficient (Wildman–Crippen LogP) is 1.75. The molecule has 0 fully saturated rings. The summed E-state index contributed by atoms with van der Waals surface area (Å²) in [5, 5.41) is 2.62. The van der Waals surface area contributed by atoms with E-state index in [0.717, 1.165) is 5.56 Å². The molecule has 14 heavy (non-hydrogen) atoms. The standard InChI is InChI=1S/C11H16N2O/c1-7(2)10-6-8(12)4-5-9(10)11(14)13-3/h4-7H,12H2,1-3H3,(H,13,14). The minimum absolute atomic E-state index is 0.0614. The minimum atomic E-state index is -0.0614. The molecule has 1 rings (SSSR count). The van der Waals surface area contributed by atoms with Gasteiger partial charge in [-0.1, -0.05) is 13.8 Å². The second-order valence-corrected chi connectivity index (χ2v) is 3.58. The first-order valence-electron chi connectivity index (χ1n) is 4.67. The van der Waals surface area contributed by atoms with E-state index in [1.54, 1.807) is 19.2 Å². The molecule has 0 saturated heterocycles. The van der Waals surface area contributed by atoms with Gasteiger partial charge in [0.2, 0.25) is 0 Å². The Kier molecular flexibility index (Phi) is 3.12. The zero-order valence-corrected chi connectivity index (χ0v) is 8.79. The van der Waals surface area contributed by atoms with Gasteiger partial charge in [0.25, 0.3) is 5.91 Å². The second-order valence-electron chi connectivity index (χ2n) is 3.58. The molecule has 0 aromatic heterocycles. The van der Waals surface area contributed by atoms with E-state index in [2.05, 4.69) is 5.32 Å². The van der Waals surface area contributed by atoms with Crippen LogP contribution in [-0.4, -0.2) is 13.0 Å². The number of amides is 1. The molecule has 0 spiro atoms. The van der Waals surface area contributed by atoms with Crippen LogP contribution in [0.2, 0.25) is 0 Å². The summed E-state index contributed by atoms with van der Waals surface area (Å²) in [6, 6.07) is 5.37. The van der Waals surface area contributed by atoms with Gasteiger partial charge < -0.3 is 11.1 Å². The van der Waals surface area contributed by atoms with Crippen LogP contribution in [0, 0.1) is 0 Å². The largest absolute Gasteiger partial charge is 0.399 e. The topological polar surface area (TPSA) is 55.1 Å². The summed E-state index contributed by atoms with van der Waals surface area (Å²) in [4.78, 5) is 11.5. The fourth-order valence-electron chi connectivity index (χ4n) is 1.40. The normalized spacial score (nSPS) is 10.3. The summed E-state index contributed by atoms with van der Waals surface area (Å²) in [7, 11) is 1.63. The highest BCUT2D eigenvalue weighted by Gasteiger charge is 2.12. The molecule has 1 amide bonds. The molecule has 3 heteroatoms. The Labute approximate surface area is 84.3 Å². The molecule has 0 aliphatic rings. The van der Waals surface area contributed by atoms with Gasteiger partial charge in [-0.15, -0.1) is 0 Å². The lowest BCUT2D eigenvalue weighted by atomic mass is 9.96. The number of benzene rings is 1. The smallest absolute Gasteiger partial charge is 0.251 e. The summed E-state index contributed by atoms with van der Waals surface area (Å²) < 4.78 is 0. The van der Waals surface area contributed by atoms with E-state index < -0.39 is 0 Å². The summed E-state index contributed by atoms with van der Waals surface area (Å²) in [5.74, 6) is 0.236. The lowest BCUT2D eigenvalue weighted by Crippen LogP contribution is -2.20. The Hall–Kier alpha value is -1.51. The first-order chi connectivity index (χ1) is 6.56. The molecule has 0 aliphatic carbocycles. The SMILES string of the molecule is CNC(=O)c1ccc(N)cc1C(C)C. The molecule has 3 nitrogen and oxygen atoms in total. The fraction of sp³-hybridized carbons (Fsp3) is 0.364. The van der Waals surface area contributed by atoms with Crippen molar-refractivity contribution in [1.29, 1.82) is 0 Å². The Bertz CT molecular complexity index is 345. The molecule has 0 heterocycles. The van der Waals surface area contributed by atoms with Crippen LogP contribution >= 0.6 is 0 Å². The number of anilines is 1. The monoisotopic (exact) mass is 192 g/mol. The van der Waals surface area contributed by atoms with Crippen molar-refractivity contribution in [2.45, 2.75) is 19.8 Å². The van der Waals surface area contributed by atoms with Crippen LogP contribution in [0.3, 0.4) is 0 Å². The van der Waals surface area contributed by atoms with Crippen molar-refractivity contribution < 1.29 is 4.79 Å². The van der Waals surface area contributed by atoms with Crippen molar-refractivity contribution in [2.24, 2.45) is 0 Å². The second kappa shape index (κ2) is 4.13. The Morgan fingerprint density at radius 2 is 2.07 bits per heavy atom. The van der Waals surface area contributed by atoms with Gasteiger partial charge in [-0.05, 0) is 29.7 Å². The van der Waals surface area contributed by atoms with Crippen molar-refractivity contribution >= 4 is 11.6 Å². The number of nitrogens with two attached hydrogens (primary N) is 1. The van der Waals surface area contributed by atoms with Gasteiger partial charge in [0.05, 0.1) is 0 Å². The number of hydrogen-bond acceptors (Lipinski definition) is 2. The quantitative estimate of drug-likeness (QED) is 0.701. The van der Waals surface area contributed by atoms with Gasteiger partial charge in [0.15, 0.2) is 0 Å². The van der Waals surface area contributed by atoms with E-state index >= 15 is 0 Å². The van der Waals surface area contributed by atoms with Crippen LogP contribution in [-0.2, 0) is 0 Å². The fourth-order valence-corrected chi connectivity index (χ4v) is 1.40. The highest BCUT2D eigenvalue weighted by Crippen LogP contribution is 2.21. The van der Waals surface area contributed by atoms with E-state index in [9.17, 15) is 4.79 Å². The highest BCUT2D eigenvalue weighted by atomic mass is 16.1. The van der Waals surface area contributed by atoms with Crippen molar-refractivity contribution in [3.63, 3.8) is 0 Å². The molecule has 1 aromatic rings. The zero-order valence-electron chi connectivity index (χ0n) is 8.79. The van der Waals surface area contributed by atoms with Gasteiger partial charge in [-0.3, -0.25) is 4.79 Å². The summed E-state index contributed by atoms with van der Waals surface area (Å²) in [6.45, 7) is 4.09. The Morgan fingerprint density at radius 3 is 2.57 bits per heavy atom. The number of rotatable bonds is 2. The maximum absolute atomic E-state index is 11.5. The zero-order chi connectivity index (χ0) is 10.7. The lowest BCUT2D eigenvalue weighted by molar-refractivity contribution is 0.0962. The van der Waals surface area contributed by atoms with E-state index in [4.69, 9.17) is 5.73 Å². The van der Waals surface area contributed by atoms with Gasteiger partial charge >= 0.3 is 0 Å². The van der Waals surface area contributed by atoms with Crippen LogP contribution in [0.25, 0.3) is 0 Å². The third-order valence-electron chi connectivity index (χ3n) is 2.17. The van der Waals surface area contributed by atoms with Crippen LogP contribution in [0.4, 0.5) is 5.69 Å². The van der Waals surface area contributed by atoms with Gasteiger partial charge in [0, 0.05) is 18.3 Å². The number of carbonyl (C=O) groups is 1. The van der Waals surface area contributed by atoms with E-state index in [0.29, 0.717) is 17.2 Å². The third-order valence-corrected chi connectivity index (χ3v) is 2.17. The molecule has 0 radical (unpaired) electrons. The van der Waals surface area contributed by atoms with Crippen molar-refractivity contribution in [2.75, 3.05) is 12.8 Å². The molecular weight excluding hydrogens is 176 g/mol. The van der Waals surface area contributed by atoms with Crippen LogP contribution in [0.15, 0.2) is 18.2 Å². The first-order valence-corrected chi connectivity index (χ1v) is 4.67. The molecule has 0 bridgehead atoms. The molecule has 0 saturated carbocycles. The van der Waals surface area contributed by atoms with E-state index in [1.807, 2.05) is 19.9 Å². The van der Waals surface area contributed by atoms with Gasteiger partial charge in [0.1, 0.15) is 0 Å². The molecule has 0 atom stereocenters.